The number of benzene rings is 1. The standard InChI is InChI=1S/C14H19NO3/c1-2-4-8-16-14(15-7-3-1)11-5-6-12-13(9-11)18-10-17-12/h5-6,9,14-15H,1-4,7-8,10H2/t14-/m1/s1. The molecule has 1 fully saturated rings. The number of ether oxygens (including phenoxy) is 3. The third kappa shape index (κ3) is 2.60. The van der Waals surface area contributed by atoms with E-state index in [0.717, 1.165) is 36.6 Å². The van der Waals surface area contributed by atoms with Crippen LogP contribution < -0.4 is 14.8 Å². The minimum Gasteiger partial charge on any atom is -0.454 e. The Morgan fingerprint density at radius 3 is 2.89 bits per heavy atom. The van der Waals surface area contributed by atoms with Crippen LogP contribution in [0.4, 0.5) is 0 Å². The molecular formula is C14H19NO3. The fourth-order valence-electron chi connectivity index (χ4n) is 2.36. The topological polar surface area (TPSA) is 39.7 Å². The molecule has 2 aliphatic heterocycles. The van der Waals surface area contributed by atoms with Gasteiger partial charge in [0.15, 0.2) is 11.5 Å². The Morgan fingerprint density at radius 1 is 1.00 bits per heavy atom. The zero-order valence-electron chi connectivity index (χ0n) is 10.5. The van der Waals surface area contributed by atoms with Crippen molar-refractivity contribution in [2.45, 2.75) is 31.9 Å². The van der Waals surface area contributed by atoms with Crippen molar-refractivity contribution in [2.75, 3.05) is 19.9 Å². The van der Waals surface area contributed by atoms with Gasteiger partial charge >= 0.3 is 0 Å². The zero-order chi connectivity index (χ0) is 12.2. The number of hydrogen-bond acceptors (Lipinski definition) is 4. The minimum atomic E-state index is -0.0300. The largest absolute Gasteiger partial charge is 0.454 e. The van der Waals surface area contributed by atoms with Gasteiger partial charge < -0.3 is 14.2 Å². The second kappa shape index (κ2) is 5.59. The molecule has 2 heterocycles. The van der Waals surface area contributed by atoms with E-state index in [1.807, 2.05) is 18.2 Å². The van der Waals surface area contributed by atoms with Crippen molar-refractivity contribution in [3.8, 4) is 11.5 Å². The maximum atomic E-state index is 5.90. The molecule has 0 aliphatic carbocycles. The van der Waals surface area contributed by atoms with Crippen molar-refractivity contribution < 1.29 is 14.2 Å². The van der Waals surface area contributed by atoms with E-state index in [-0.39, 0.29) is 6.23 Å². The minimum absolute atomic E-state index is 0.0300. The molecule has 18 heavy (non-hydrogen) atoms. The van der Waals surface area contributed by atoms with E-state index < -0.39 is 0 Å². The number of hydrogen-bond donors (Lipinski definition) is 1. The zero-order valence-corrected chi connectivity index (χ0v) is 10.5. The van der Waals surface area contributed by atoms with Crippen LogP contribution in [-0.4, -0.2) is 19.9 Å². The van der Waals surface area contributed by atoms with Crippen LogP contribution in [-0.2, 0) is 4.74 Å². The van der Waals surface area contributed by atoms with E-state index in [1.54, 1.807) is 0 Å². The summed E-state index contributed by atoms with van der Waals surface area (Å²) in [4.78, 5) is 0. The van der Waals surface area contributed by atoms with Crippen LogP contribution in [0.15, 0.2) is 18.2 Å². The van der Waals surface area contributed by atoms with Crippen LogP contribution in [0.3, 0.4) is 0 Å². The monoisotopic (exact) mass is 249 g/mol. The first-order valence-corrected chi connectivity index (χ1v) is 6.68. The SMILES string of the molecule is c1cc2c(cc1[C@@H]1NCCCCCCO1)OCO2. The Balaban J connectivity index is 1.74. The summed E-state index contributed by atoms with van der Waals surface area (Å²) in [6, 6.07) is 6.01. The maximum Gasteiger partial charge on any atom is 0.231 e. The number of fused-ring (bicyclic) bond motifs is 1. The van der Waals surface area contributed by atoms with Crippen LogP contribution in [0, 0.1) is 0 Å². The van der Waals surface area contributed by atoms with Crippen molar-refractivity contribution in [1.29, 1.82) is 0 Å². The van der Waals surface area contributed by atoms with E-state index in [1.165, 1.54) is 19.3 Å². The Morgan fingerprint density at radius 2 is 1.89 bits per heavy atom. The van der Waals surface area contributed by atoms with Gasteiger partial charge in [0, 0.05) is 6.61 Å². The lowest BCUT2D eigenvalue weighted by Crippen LogP contribution is -2.24. The molecule has 0 amide bonds. The molecule has 0 spiro atoms. The van der Waals surface area contributed by atoms with Gasteiger partial charge in [-0.1, -0.05) is 18.9 Å². The fraction of sp³-hybridized carbons (Fsp3) is 0.571. The number of nitrogens with one attached hydrogen (secondary N) is 1. The summed E-state index contributed by atoms with van der Waals surface area (Å²) in [7, 11) is 0. The van der Waals surface area contributed by atoms with E-state index >= 15 is 0 Å². The molecule has 0 unspecified atom stereocenters. The molecule has 1 N–H and O–H groups in total. The molecule has 1 aromatic rings. The van der Waals surface area contributed by atoms with E-state index in [4.69, 9.17) is 14.2 Å². The predicted octanol–water partition coefficient (Wildman–Crippen LogP) is 2.59. The summed E-state index contributed by atoms with van der Waals surface area (Å²) in [5.41, 5.74) is 1.11. The highest BCUT2D eigenvalue weighted by Gasteiger charge is 2.18. The number of rotatable bonds is 1. The normalized spacial score (nSPS) is 24.1. The van der Waals surface area contributed by atoms with Crippen molar-refractivity contribution in [1.82, 2.24) is 5.32 Å². The molecule has 0 aromatic heterocycles. The molecule has 1 saturated heterocycles. The summed E-state index contributed by atoms with van der Waals surface area (Å²) >= 11 is 0. The van der Waals surface area contributed by atoms with E-state index in [9.17, 15) is 0 Å². The van der Waals surface area contributed by atoms with Gasteiger partial charge in [-0.05, 0) is 37.1 Å². The molecular weight excluding hydrogens is 230 g/mol. The van der Waals surface area contributed by atoms with E-state index in [0.29, 0.717) is 6.79 Å². The van der Waals surface area contributed by atoms with Crippen LogP contribution in [0.2, 0.25) is 0 Å². The first-order chi connectivity index (χ1) is 8.93. The lowest BCUT2D eigenvalue weighted by Gasteiger charge is -2.19. The predicted molar refractivity (Wildman–Crippen MR) is 67.7 cm³/mol. The highest BCUT2D eigenvalue weighted by Crippen LogP contribution is 2.34. The van der Waals surface area contributed by atoms with Gasteiger partial charge in [0.1, 0.15) is 6.23 Å². The average molecular weight is 249 g/mol. The summed E-state index contributed by atoms with van der Waals surface area (Å²) < 4.78 is 16.6. The smallest absolute Gasteiger partial charge is 0.231 e. The molecule has 1 aromatic carbocycles. The van der Waals surface area contributed by atoms with Gasteiger partial charge in [-0.3, -0.25) is 5.32 Å². The average Bonchev–Trinajstić information content (AvgIpc) is 2.90. The van der Waals surface area contributed by atoms with Crippen molar-refractivity contribution in [3.05, 3.63) is 23.8 Å². The summed E-state index contributed by atoms with van der Waals surface area (Å²) in [5.74, 6) is 1.64. The second-order valence-electron chi connectivity index (χ2n) is 4.73. The van der Waals surface area contributed by atoms with Gasteiger partial charge in [-0.2, -0.15) is 0 Å². The molecule has 98 valence electrons. The molecule has 1 atom stereocenters. The van der Waals surface area contributed by atoms with Crippen LogP contribution in [0.5, 0.6) is 11.5 Å². The highest BCUT2D eigenvalue weighted by atomic mass is 16.7. The van der Waals surface area contributed by atoms with Crippen molar-refractivity contribution >= 4 is 0 Å². The molecule has 0 saturated carbocycles. The first-order valence-electron chi connectivity index (χ1n) is 6.68. The van der Waals surface area contributed by atoms with Crippen molar-refractivity contribution in [2.24, 2.45) is 0 Å². The van der Waals surface area contributed by atoms with Crippen molar-refractivity contribution in [3.63, 3.8) is 0 Å². The Kier molecular flexibility index (Phi) is 3.67. The summed E-state index contributed by atoms with van der Waals surface area (Å²) in [6.07, 6.45) is 4.87. The van der Waals surface area contributed by atoms with E-state index in [2.05, 4.69) is 5.32 Å². The molecule has 4 nitrogen and oxygen atoms in total. The maximum absolute atomic E-state index is 5.90. The Labute approximate surface area is 107 Å². The summed E-state index contributed by atoms with van der Waals surface area (Å²) in [5, 5.41) is 3.45. The van der Waals surface area contributed by atoms with Crippen LogP contribution in [0.1, 0.15) is 37.5 Å². The molecule has 0 bridgehead atoms. The van der Waals surface area contributed by atoms with Crippen LogP contribution >= 0.6 is 0 Å². The molecule has 0 radical (unpaired) electrons. The highest BCUT2D eigenvalue weighted by molar-refractivity contribution is 5.45. The van der Waals surface area contributed by atoms with Gasteiger partial charge in [0.25, 0.3) is 0 Å². The lowest BCUT2D eigenvalue weighted by molar-refractivity contribution is 0.0297. The van der Waals surface area contributed by atoms with Gasteiger partial charge in [0.05, 0.1) is 0 Å². The molecule has 3 rings (SSSR count). The quantitative estimate of drug-likeness (QED) is 0.830. The molecule has 2 aliphatic rings. The Bertz CT molecular complexity index is 398. The third-order valence-corrected chi connectivity index (χ3v) is 3.38. The Hall–Kier alpha value is -1.26. The van der Waals surface area contributed by atoms with Gasteiger partial charge in [0.2, 0.25) is 6.79 Å². The third-order valence-electron chi connectivity index (χ3n) is 3.38. The fourth-order valence-corrected chi connectivity index (χ4v) is 2.36. The molecule has 4 heteroatoms. The van der Waals surface area contributed by atoms with Gasteiger partial charge in [-0.25, -0.2) is 0 Å². The summed E-state index contributed by atoms with van der Waals surface area (Å²) in [6.45, 7) is 2.13. The van der Waals surface area contributed by atoms with Crippen LogP contribution in [0.25, 0.3) is 0 Å². The van der Waals surface area contributed by atoms with Gasteiger partial charge in [-0.15, -0.1) is 0 Å². The lowest BCUT2D eigenvalue weighted by atomic mass is 10.1. The second-order valence-corrected chi connectivity index (χ2v) is 4.73. The first kappa shape index (κ1) is 11.8.